The highest BCUT2D eigenvalue weighted by Crippen LogP contribution is 2.32. The fraction of sp³-hybridized carbons (Fsp3) is 0.632. The standard InChI is InChI=1S/C19H27F3N2O3S/c1-4-11-28(26,27)24-10-6-9-16(24)17(25)23-13-18(2,3)14-7-5-8-15(12-14)19(20,21)22/h5,7-8,12,16H,4,6,9-11,13H2,1-3H3,(H,23,25). The van der Waals surface area contributed by atoms with Gasteiger partial charge >= 0.3 is 6.18 Å². The van der Waals surface area contributed by atoms with Gasteiger partial charge in [-0.2, -0.15) is 17.5 Å². The minimum absolute atomic E-state index is 0.00743. The fourth-order valence-electron chi connectivity index (χ4n) is 3.35. The van der Waals surface area contributed by atoms with Crippen LogP contribution in [-0.2, 0) is 26.4 Å². The Balaban J connectivity index is 2.09. The van der Waals surface area contributed by atoms with Gasteiger partial charge in [-0.15, -0.1) is 0 Å². The number of hydrogen-bond acceptors (Lipinski definition) is 3. The number of halogens is 3. The van der Waals surface area contributed by atoms with Crippen molar-refractivity contribution < 1.29 is 26.4 Å². The maximum atomic E-state index is 13.0. The summed E-state index contributed by atoms with van der Waals surface area (Å²) in [5.41, 5.74) is -1.04. The molecule has 1 aliphatic rings. The molecular formula is C19H27F3N2O3S. The highest BCUT2D eigenvalue weighted by Gasteiger charge is 2.38. The smallest absolute Gasteiger partial charge is 0.354 e. The van der Waals surface area contributed by atoms with Gasteiger partial charge in [0.05, 0.1) is 11.3 Å². The lowest BCUT2D eigenvalue weighted by Crippen LogP contribution is -2.48. The Labute approximate surface area is 164 Å². The number of amides is 1. The molecule has 1 amide bonds. The number of sulfonamides is 1. The van der Waals surface area contributed by atoms with E-state index in [1.807, 2.05) is 0 Å². The van der Waals surface area contributed by atoms with Crippen molar-refractivity contribution in [3.05, 3.63) is 35.4 Å². The van der Waals surface area contributed by atoms with Crippen LogP contribution < -0.4 is 5.32 Å². The first kappa shape index (κ1) is 22.7. The Hall–Kier alpha value is -1.61. The van der Waals surface area contributed by atoms with Gasteiger partial charge in [-0.25, -0.2) is 8.42 Å². The van der Waals surface area contributed by atoms with Gasteiger partial charge in [0.2, 0.25) is 15.9 Å². The van der Waals surface area contributed by atoms with Crippen molar-refractivity contribution >= 4 is 15.9 Å². The van der Waals surface area contributed by atoms with Crippen LogP contribution in [0.2, 0.25) is 0 Å². The molecule has 0 spiro atoms. The van der Waals surface area contributed by atoms with E-state index >= 15 is 0 Å². The molecule has 2 rings (SSSR count). The summed E-state index contributed by atoms with van der Waals surface area (Å²) in [6.45, 7) is 5.66. The zero-order valence-corrected chi connectivity index (χ0v) is 17.2. The number of alkyl halides is 3. The molecule has 1 N–H and O–H groups in total. The lowest BCUT2D eigenvalue weighted by atomic mass is 9.83. The molecule has 1 aromatic rings. The van der Waals surface area contributed by atoms with Crippen molar-refractivity contribution in [3.63, 3.8) is 0 Å². The Morgan fingerprint density at radius 3 is 2.50 bits per heavy atom. The lowest BCUT2D eigenvalue weighted by Gasteiger charge is -2.29. The van der Waals surface area contributed by atoms with E-state index in [2.05, 4.69) is 5.32 Å². The van der Waals surface area contributed by atoms with Gasteiger partial charge in [0.1, 0.15) is 6.04 Å². The largest absolute Gasteiger partial charge is 0.416 e. The predicted octanol–water partition coefficient (Wildman–Crippen LogP) is 3.30. The van der Waals surface area contributed by atoms with Gasteiger partial charge < -0.3 is 5.32 Å². The zero-order chi connectivity index (χ0) is 21.2. The SMILES string of the molecule is CCCS(=O)(=O)N1CCCC1C(=O)NCC(C)(C)c1cccc(C(F)(F)F)c1. The van der Waals surface area contributed by atoms with Crippen LogP contribution in [-0.4, -0.2) is 43.5 Å². The quantitative estimate of drug-likeness (QED) is 0.736. The third-order valence-electron chi connectivity index (χ3n) is 5.00. The molecule has 1 aliphatic heterocycles. The second kappa shape index (κ2) is 8.41. The zero-order valence-electron chi connectivity index (χ0n) is 16.3. The van der Waals surface area contributed by atoms with Gasteiger partial charge in [0.25, 0.3) is 0 Å². The molecule has 0 saturated carbocycles. The van der Waals surface area contributed by atoms with Crippen molar-refractivity contribution in [1.82, 2.24) is 9.62 Å². The van der Waals surface area contributed by atoms with E-state index in [1.54, 1.807) is 26.8 Å². The second-order valence-corrected chi connectivity index (χ2v) is 9.81. The normalized spacial score (nSPS) is 19.0. The number of hydrogen-bond donors (Lipinski definition) is 1. The molecule has 0 aromatic heterocycles. The van der Waals surface area contributed by atoms with E-state index in [9.17, 15) is 26.4 Å². The van der Waals surface area contributed by atoms with Crippen molar-refractivity contribution in [2.75, 3.05) is 18.8 Å². The topological polar surface area (TPSA) is 66.5 Å². The number of carbonyl (C=O) groups is 1. The summed E-state index contributed by atoms with van der Waals surface area (Å²) in [5, 5.41) is 2.74. The monoisotopic (exact) mass is 420 g/mol. The molecule has 1 unspecified atom stereocenters. The van der Waals surface area contributed by atoms with E-state index in [0.717, 1.165) is 12.1 Å². The molecule has 1 aromatic carbocycles. The minimum Gasteiger partial charge on any atom is -0.354 e. The van der Waals surface area contributed by atoms with Gasteiger partial charge in [-0.05, 0) is 30.9 Å². The summed E-state index contributed by atoms with van der Waals surface area (Å²) < 4.78 is 64.8. The summed E-state index contributed by atoms with van der Waals surface area (Å²) in [6.07, 6.45) is -2.92. The third-order valence-corrected chi connectivity index (χ3v) is 7.08. The Morgan fingerprint density at radius 2 is 1.89 bits per heavy atom. The van der Waals surface area contributed by atoms with Crippen LogP contribution in [0.15, 0.2) is 24.3 Å². The van der Waals surface area contributed by atoms with Gasteiger partial charge in [-0.1, -0.05) is 39.0 Å². The molecule has 1 fully saturated rings. The maximum Gasteiger partial charge on any atom is 0.416 e. The van der Waals surface area contributed by atoms with E-state index in [4.69, 9.17) is 0 Å². The van der Waals surface area contributed by atoms with E-state index < -0.39 is 39.1 Å². The van der Waals surface area contributed by atoms with Crippen LogP contribution in [0.4, 0.5) is 13.2 Å². The highest BCUT2D eigenvalue weighted by molar-refractivity contribution is 7.89. The Kier molecular flexibility index (Phi) is 6.81. The average molecular weight is 420 g/mol. The summed E-state index contributed by atoms with van der Waals surface area (Å²) in [4.78, 5) is 12.6. The van der Waals surface area contributed by atoms with Gasteiger partial charge in [0, 0.05) is 18.5 Å². The molecule has 1 atom stereocenters. The Bertz CT molecular complexity index is 807. The first-order valence-electron chi connectivity index (χ1n) is 9.33. The summed E-state index contributed by atoms with van der Waals surface area (Å²) >= 11 is 0. The molecular weight excluding hydrogens is 393 g/mol. The summed E-state index contributed by atoms with van der Waals surface area (Å²) in [7, 11) is -3.48. The lowest BCUT2D eigenvalue weighted by molar-refractivity contribution is -0.137. The third kappa shape index (κ3) is 5.26. The molecule has 1 heterocycles. The number of carbonyl (C=O) groups excluding carboxylic acids is 1. The van der Waals surface area contributed by atoms with Crippen molar-refractivity contribution in [2.24, 2.45) is 0 Å². The number of nitrogens with one attached hydrogen (secondary N) is 1. The van der Waals surface area contributed by atoms with Gasteiger partial charge in [-0.3, -0.25) is 4.79 Å². The van der Waals surface area contributed by atoms with Crippen LogP contribution in [0.25, 0.3) is 0 Å². The van der Waals surface area contributed by atoms with Crippen molar-refractivity contribution in [1.29, 1.82) is 0 Å². The van der Waals surface area contributed by atoms with Crippen molar-refractivity contribution in [2.45, 2.75) is 57.7 Å². The molecule has 9 heteroatoms. The predicted molar refractivity (Wildman–Crippen MR) is 101 cm³/mol. The molecule has 0 radical (unpaired) electrons. The molecule has 0 bridgehead atoms. The van der Waals surface area contributed by atoms with Gasteiger partial charge in [0.15, 0.2) is 0 Å². The van der Waals surface area contributed by atoms with Crippen LogP contribution in [0.1, 0.15) is 51.2 Å². The van der Waals surface area contributed by atoms with E-state index in [-0.39, 0.29) is 12.3 Å². The first-order chi connectivity index (χ1) is 12.9. The number of rotatable bonds is 7. The average Bonchev–Trinajstić information content (AvgIpc) is 3.10. The molecule has 1 saturated heterocycles. The fourth-order valence-corrected chi connectivity index (χ4v) is 5.10. The number of benzene rings is 1. The first-order valence-corrected chi connectivity index (χ1v) is 10.9. The molecule has 158 valence electrons. The van der Waals surface area contributed by atoms with Crippen LogP contribution in [0.5, 0.6) is 0 Å². The Morgan fingerprint density at radius 1 is 1.25 bits per heavy atom. The van der Waals surface area contributed by atoms with Crippen LogP contribution >= 0.6 is 0 Å². The maximum absolute atomic E-state index is 13.0. The molecule has 5 nitrogen and oxygen atoms in total. The molecule has 0 aliphatic carbocycles. The highest BCUT2D eigenvalue weighted by atomic mass is 32.2. The van der Waals surface area contributed by atoms with Crippen LogP contribution in [0.3, 0.4) is 0 Å². The van der Waals surface area contributed by atoms with Crippen LogP contribution in [0, 0.1) is 0 Å². The minimum atomic E-state index is -4.44. The summed E-state index contributed by atoms with van der Waals surface area (Å²) in [5.74, 6) is -0.413. The van der Waals surface area contributed by atoms with E-state index in [0.29, 0.717) is 31.4 Å². The number of nitrogens with zero attached hydrogens (tertiary/aromatic N) is 1. The van der Waals surface area contributed by atoms with Crippen molar-refractivity contribution in [3.8, 4) is 0 Å². The molecule has 28 heavy (non-hydrogen) atoms. The second-order valence-electron chi connectivity index (χ2n) is 7.77. The van der Waals surface area contributed by atoms with E-state index in [1.165, 1.54) is 10.4 Å². The summed E-state index contributed by atoms with van der Waals surface area (Å²) in [6, 6.07) is 4.27.